The summed E-state index contributed by atoms with van der Waals surface area (Å²) in [5, 5.41) is 17.5. The van der Waals surface area contributed by atoms with E-state index in [2.05, 4.69) is 9.83 Å². The molecule has 1 aliphatic heterocycles. The van der Waals surface area contributed by atoms with Gasteiger partial charge in [0.25, 0.3) is 0 Å². The zero-order chi connectivity index (χ0) is 14.8. The molecule has 0 aliphatic carbocycles. The molecule has 20 heavy (non-hydrogen) atoms. The monoisotopic (exact) mass is 307 g/mol. The molecule has 1 unspecified atom stereocenters. The van der Waals surface area contributed by atoms with E-state index in [0.717, 1.165) is 11.5 Å². The van der Waals surface area contributed by atoms with Crippen molar-refractivity contribution < 1.29 is 9.90 Å². The highest BCUT2D eigenvalue weighted by Gasteiger charge is 2.49. The Kier molecular flexibility index (Phi) is 4.35. The number of aromatic nitrogens is 1. The van der Waals surface area contributed by atoms with Crippen molar-refractivity contribution in [2.24, 2.45) is 0 Å². The van der Waals surface area contributed by atoms with Crippen molar-refractivity contribution in [1.82, 2.24) is 4.98 Å². The van der Waals surface area contributed by atoms with Gasteiger partial charge < -0.3 is 5.11 Å². The number of rotatable bonds is 4. The van der Waals surface area contributed by atoms with Gasteiger partial charge >= 0.3 is 11.5 Å². The van der Waals surface area contributed by atoms with Gasteiger partial charge in [0.05, 0.1) is 5.56 Å². The van der Waals surface area contributed by atoms with Crippen LogP contribution in [0, 0.1) is 12.0 Å². The maximum Gasteiger partial charge on any atom is 0.355 e. The van der Waals surface area contributed by atoms with E-state index in [1.807, 2.05) is 6.92 Å². The molecule has 2 rings (SSSR count). The minimum Gasteiger partial charge on any atom is -0.476 e. The van der Waals surface area contributed by atoms with E-state index in [0.29, 0.717) is 21.9 Å². The van der Waals surface area contributed by atoms with Crippen molar-refractivity contribution in [3.8, 4) is 0 Å². The van der Waals surface area contributed by atoms with Crippen LogP contribution >= 0.6 is 23.5 Å². The maximum atomic E-state index is 11.2. The van der Waals surface area contributed by atoms with E-state index < -0.39 is 11.5 Å². The average Bonchev–Trinajstić information content (AvgIpc) is 2.81. The van der Waals surface area contributed by atoms with Crippen molar-refractivity contribution in [2.75, 3.05) is 11.5 Å². The number of carbonyl (C=O) groups is 1. The van der Waals surface area contributed by atoms with Crippen LogP contribution in [-0.2, 0) is 5.54 Å². The van der Waals surface area contributed by atoms with Crippen LogP contribution in [0.25, 0.3) is 4.85 Å². The van der Waals surface area contributed by atoms with E-state index >= 15 is 0 Å². The predicted molar refractivity (Wildman–Crippen MR) is 80.7 cm³/mol. The molecule has 5 nitrogen and oxygen atoms in total. The summed E-state index contributed by atoms with van der Waals surface area (Å²) in [6, 6.07) is 1.71. The average molecular weight is 307 g/mol. The number of carboxylic acid groups (broad SMARTS) is 1. The molecule has 0 spiro atoms. The van der Waals surface area contributed by atoms with Gasteiger partial charge in [0.15, 0.2) is 10.7 Å². The lowest BCUT2D eigenvalue weighted by Gasteiger charge is -2.16. The quantitative estimate of drug-likeness (QED) is 0.660. The zero-order valence-electron chi connectivity index (χ0n) is 10.8. The molecule has 0 aromatic carbocycles. The highest BCUT2D eigenvalue weighted by molar-refractivity contribution is 8.14. The van der Waals surface area contributed by atoms with Crippen molar-refractivity contribution in [2.45, 2.75) is 23.8 Å². The molecule has 7 heteroatoms. The van der Waals surface area contributed by atoms with Crippen LogP contribution < -0.4 is 0 Å². The van der Waals surface area contributed by atoms with E-state index in [4.69, 9.17) is 17.1 Å². The van der Waals surface area contributed by atoms with Crippen LogP contribution in [0.3, 0.4) is 0 Å². The molecule has 1 saturated heterocycles. The number of aromatic carboxylic acids is 1. The Morgan fingerprint density at radius 2 is 2.50 bits per heavy atom. The van der Waals surface area contributed by atoms with Gasteiger partial charge in [0.1, 0.15) is 0 Å². The van der Waals surface area contributed by atoms with Crippen LogP contribution in [0.1, 0.15) is 29.4 Å². The Labute approximate surface area is 125 Å². The zero-order valence-corrected chi connectivity index (χ0v) is 12.5. The third kappa shape index (κ3) is 2.41. The topological polar surface area (TPSA) is 78.4 Å². The second kappa shape index (κ2) is 5.85. The summed E-state index contributed by atoms with van der Waals surface area (Å²) in [6.07, 6.45) is 2.01. The third-order valence-electron chi connectivity index (χ3n) is 3.11. The summed E-state index contributed by atoms with van der Waals surface area (Å²) in [5.41, 5.74) is -0.334. The number of pyridine rings is 1. The first-order valence-corrected chi connectivity index (χ1v) is 7.99. The van der Waals surface area contributed by atoms with Gasteiger partial charge in [-0.25, -0.2) is 16.4 Å². The second-order valence-corrected chi connectivity index (χ2v) is 6.62. The Balaban J connectivity index is 2.53. The van der Waals surface area contributed by atoms with Crippen LogP contribution in [-0.4, -0.2) is 32.6 Å². The third-order valence-corrected chi connectivity index (χ3v) is 5.05. The molecule has 104 valence electrons. The molecule has 0 radical (unpaired) electrons. The lowest BCUT2D eigenvalue weighted by molar-refractivity contribution is 0.0686. The van der Waals surface area contributed by atoms with Crippen LogP contribution in [0.5, 0.6) is 0 Å². The first-order chi connectivity index (χ1) is 9.55. The fourth-order valence-electron chi connectivity index (χ4n) is 2.08. The molecule has 2 heterocycles. The van der Waals surface area contributed by atoms with Gasteiger partial charge in [0.2, 0.25) is 0 Å². The number of nitrogens with one attached hydrogen (secondary N) is 1. The lowest BCUT2D eigenvalue weighted by Crippen LogP contribution is -2.26. The fraction of sp³-hybridized carbons (Fsp3) is 0.385. The van der Waals surface area contributed by atoms with Crippen molar-refractivity contribution >= 4 is 34.5 Å². The molecule has 0 saturated carbocycles. The van der Waals surface area contributed by atoms with Gasteiger partial charge in [-0.05, 0) is 11.8 Å². The Morgan fingerprint density at radius 1 is 1.75 bits per heavy atom. The van der Waals surface area contributed by atoms with E-state index in [-0.39, 0.29) is 5.69 Å². The molecule has 1 aromatic rings. The van der Waals surface area contributed by atoms with Gasteiger partial charge in [-0.1, -0.05) is 6.92 Å². The molecule has 0 amide bonds. The largest absolute Gasteiger partial charge is 0.476 e. The maximum absolute atomic E-state index is 11.2. The van der Waals surface area contributed by atoms with E-state index in [1.165, 1.54) is 29.7 Å². The number of nitrogens with zero attached hydrogens (tertiary/aromatic N) is 2. The van der Waals surface area contributed by atoms with Gasteiger partial charge in [-0.15, -0.1) is 23.5 Å². The summed E-state index contributed by atoms with van der Waals surface area (Å²) < 4.78 is 0. The van der Waals surface area contributed by atoms with Crippen molar-refractivity contribution in [1.29, 1.82) is 5.41 Å². The predicted octanol–water partition coefficient (Wildman–Crippen LogP) is 3.12. The summed E-state index contributed by atoms with van der Waals surface area (Å²) in [4.78, 5) is 19.4. The molecule has 0 bridgehead atoms. The summed E-state index contributed by atoms with van der Waals surface area (Å²) in [7, 11) is 0. The fourth-order valence-corrected chi connectivity index (χ4v) is 3.98. The normalized spacial score (nSPS) is 21.7. The van der Waals surface area contributed by atoms with Crippen LogP contribution in [0.2, 0.25) is 0 Å². The van der Waals surface area contributed by atoms with Gasteiger partial charge in [-0.3, -0.25) is 10.3 Å². The summed E-state index contributed by atoms with van der Waals surface area (Å²) in [6.45, 7) is 9.38. The molecule has 1 atom stereocenters. The number of carboxylic acids is 1. The smallest absolute Gasteiger partial charge is 0.355 e. The molecule has 1 aromatic heterocycles. The number of thioether (sulfide) groups is 2. The Hall–Kier alpha value is -1.52. The number of hydrogen-bond acceptors (Lipinski definition) is 5. The standard InChI is InChI=1S/C13H13N3O2S2/c1-3-19-9-6-8(7-16-10(9)11(17)18)13(15-2)4-5-20-12(13)14/h6-7,14H,3-5H2,1H3,(H,17,18). The minimum atomic E-state index is -1.07. The minimum absolute atomic E-state index is 0.0120. The highest BCUT2D eigenvalue weighted by atomic mass is 32.2. The second-order valence-electron chi connectivity index (χ2n) is 4.21. The lowest BCUT2D eigenvalue weighted by atomic mass is 9.90. The molecular formula is C13H13N3O2S2. The molecule has 1 fully saturated rings. The molecule has 2 N–H and O–H groups in total. The Morgan fingerprint density at radius 3 is 3.00 bits per heavy atom. The highest BCUT2D eigenvalue weighted by Crippen LogP contribution is 2.43. The van der Waals surface area contributed by atoms with Gasteiger partial charge in [-0.2, -0.15) is 0 Å². The SMILES string of the molecule is [C-]#[N+]C1(c2cnc(C(=O)O)c(SCC)c2)CCSC1=N. The van der Waals surface area contributed by atoms with Crippen molar-refractivity contribution in [3.05, 3.63) is 34.9 Å². The molecule has 1 aliphatic rings. The Bertz CT molecular complexity index is 612. The molecular weight excluding hydrogens is 294 g/mol. The summed E-state index contributed by atoms with van der Waals surface area (Å²) in [5.74, 6) is 0.390. The summed E-state index contributed by atoms with van der Waals surface area (Å²) >= 11 is 2.76. The van der Waals surface area contributed by atoms with Crippen LogP contribution in [0.4, 0.5) is 0 Å². The van der Waals surface area contributed by atoms with Crippen molar-refractivity contribution in [3.63, 3.8) is 0 Å². The van der Waals surface area contributed by atoms with Gasteiger partial charge in [0, 0.05) is 23.3 Å². The van der Waals surface area contributed by atoms with E-state index in [9.17, 15) is 4.79 Å². The van der Waals surface area contributed by atoms with Crippen LogP contribution in [0.15, 0.2) is 17.2 Å². The first-order valence-electron chi connectivity index (χ1n) is 6.02. The first kappa shape index (κ1) is 14.9. The number of hydrogen-bond donors (Lipinski definition) is 2. The van der Waals surface area contributed by atoms with E-state index in [1.54, 1.807) is 6.07 Å².